The van der Waals surface area contributed by atoms with Gasteiger partial charge in [-0.1, -0.05) is 41.5 Å². The number of carbonyl (C=O) groups is 1. The summed E-state index contributed by atoms with van der Waals surface area (Å²) >= 11 is 0. The Balaban J connectivity index is 1.97. The van der Waals surface area contributed by atoms with Gasteiger partial charge in [-0.2, -0.15) is 0 Å². The van der Waals surface area contributed by atoms with Crippen LogP contribution in [0.25, 0.3) is 0 Å². The van der Waals surface area contributed by atoms with Gasteiger partial charge in [0.1, 0.15) is 6.54 Å². The van der Waals surface area contributed by atoms with E-state index in [0.717, 1.165) is 22.3 Å². The molecule has 0 aromatic heterocycles. The van der Waals surface area contributed by atoms with Crippen molar-refractivity contribution < 1.29 is 13.2 Å². The van der Waals surface area contributed by atoms with E-state index in [1.54, 1.807) is 48.5 Å². The minimum Gasteiger partial charge on any atom is -0.325 e. The molecule has 3 aromatic carbocycles. The second kappa shape index (κ2) is 8.71. The van der Waals surface area contributed by atoms with Crippen molar-refractivity contribution in [1.29, 1.82) is 0 Å². The van der Waals surface area contributed by atoms with Crippen molar-refractivity contribution in [1.82, 2.24) is 0 Å². The Morgan fingerprint density at radius 3 is 1.80 bits per heavy atom. The number of amides is 1. The Bertz CT molecular complexity index is 1130. The topological polar surface area (TPSA) is 66.5 Å². The molecule has 30 heavy (non-hydrogen) atoms. The zero-order valence-corrected chi connectivity index (χ0v) is 18.5. The van der Waals surface area contributed by atoms with Crippen LogP contribution in [-0.2, 0) is 14.8 Å². The molecule has 0 saturated heterocycles. The van der Waals surface area contributed by atoms with Gasteiger partial charge >= 0.3 is 0 Å². The van der Waals surface area contributed by atoms with E-state index in [1.807, 2.05) is 45.9 Å². The average Bonchev–Trinajstić information content (AvgIpc) is 2.67. The minimum atomic E-state index is -3.93. The van der Waals surface area contributed by atoms with E-state index >= 15 is 0 Å². The fraction of sp³-hybridized carbons (Fsp3) is 0.208. The molecule has 1 amide bonds. The summed E-state index contributed by atoms with van der Waals surface area (Å²) in [5, 5.41) is 2.79. The molecule has 0 aliphatic rings. The predicted molar refractivity (Wildman–Crippen MR) is 121 cm³/mol. The first-order valence-corrected chi connectivity index (χ1v) is 11.1. The van der Waals surface area contributed by atoms with E-state index < -0.39 is 15.9 Å². The summed E-state index contributed by atoms with van der Waals surface area (Å²) < 4.78 is 28.1. The van der Waals surface area contributed by atoms with Crippen LogP contribution in [0, 0.1) is 27.7 Å². The molecule has 0 atom stereocenters. The zero-order chi connectivity index (χ0) is 21.9. The smallest absolute Gasteiger partial charge is 0.264 e. The average molecular weight is 423 g/mol. The van der Waals surface area contributed by atoms with Crippen LogP contribution in [0.3, 0.4) is 0 Å². The molecule has 0 unspecified atom stereocenters. The lowest BCUT2D eigenvalue weighted by Gasteiger charge is -2.25. The largest absolute Gasteiger partial charge is 0.325 e. The van der Waals surface area contributed by atoms with Gasteiger partial charge in [0, 0.05) is 5.69 Å². The maximum Gasteiger partial charge on any atom is 0.264 e. The van der Waals surface area contributed by atoms with E-state index in [-0.39, 0.29) is 11.4 Å². The number of anilines is 2. The normalized spacial score (nSPS) is 11.2. The molecular weight excluding hydrogens is 396 g/mol. The van der Waals surface area contributed by atoms with Crippen molar-refractivity contribution in [3.63, 3.8) is 0 Å². The van der Waals surface area contributed by atoms with Gasteiger partial charge in [-0.3, -0.25) is 9.10 Å². The standard InChI is InChI=1S/C24H26N2O3S/c1-17-5-9-21(10-6-17)25-24(27)16-26(22-14-19(3)13-20(4)15-22)30(28,29)23-11-7-18(2)8-12-23/h5-15H,16H2,1-4H3,(H,25,27). The van der Waals surface area contributed by atoms with Crippen molar-refractivity contribution in [3.05, 3.63) is 89.0 Å². The Hall–Kier alpha value is -3.12. The van der Waals surface area contributed by atoms with Crippen LogP contribution in [0.15, 0.2) is 71.6 Å². The van der Waals surface area contributed by atoms with E-state index in [4.69, 9.17) is 0 Å². The van der Waals surface area contributed by atoms with Crippen molar-refractivity contribution >= 4 is 27.3 Å². The Morgan fingerprint density at radius 2 is 1.27 bits per heavy atom. The molecule has 0 heterocycles. The lowest BCUT2D eigenvalue weighted by Crippen LogP contribution is -2.38. The summed E-state index contributed by atoms with van der Waals surface area (Å²) in [4.78, 5) is 12.9. The molecule has 0 aliphatic carbocycles. The van der Waals surface area contributed by atoms with Gasteiger partial charge in [0.05, 0.1) is 10.6 Å². The maximum atomic E-state index is 13.4. The summed E-state index contributed by atoms with van der Waals surface area (Å²) in [6, 6.07) is 19.5. The van der Waals surface area contributed by atoms with Gasteiger partial charge in [0.2, 0.25) is 5.91 Å². The lowest BCUT2D eigenvalue weighted by molar-refractivity contribution is -0.114. The Labute approximate surface area is 178 Å². The van der Waals surface area contributed by atoms with Gasteiger partial charge in [-0.05, 0) is 75.2 Å². The van der Waals surface area contributed by atoms with Gasteiger partial charge in [-0.15, -0.1) is 0 Å². The summed E-state index contributed by atoms with van der Waals surface area (Å²) in [5.74, 6) is -0.409. The van der Waals surface area contributed by atoms with Crippen LogP contribution < -0.4 is 9.62 Å². The van der Waals surface area contributed by atoms with Crippen molar-refractivity contribution in [2.45, 2.75) is 32.6 Å². The third-order valence-electron chi connectivity index (χ3n) is 4.73. The SMILES string of the molecule is Cc1ccc(NC(=O)CN(c2cc(C)cc(C)c2)S(=O)(=O)c2ccc(C)cc2)cc1. The Morgan fingerprint density at radius 1 is 0.767 bits per heavy atom. The highest BCUT2D eigenvalue weighted by atomic mass is 32.2. The molecule has 3 rings (SSSR count). The molecule has 6 heteroatoms. The highest BCUT2D eigenvalue weighted by molar-refractivity contribution is 7.92. The van der Waals surface area contributed by atoms with Gasteiger partial charge in [0.25, 0.3) is 10.0 Å². The first-order chi connectivity index (χ1) is 14.1. The number of carbonyl (C=O) groups excluding carboxylic acids is 1. The number of rotatable bonds is 6. The zero-order valence-electron chi connectivity index (χ0n) is 17.6. The first-order valence-electron chi connectivity index (χ1n) is 9.69. The molecule has 156 valence electrons. The third-order valence-corrected chi connectivity index (χ3v) is 6.51. The third kappa shape index (κ3) is 5.07. The first kappa shape index (κ1) is 21.6. The highest BCUT2D eigenvalue weighted by Gasteiger charge is 2.27. The predicted octanol–water partition coefficient (Wildman–Crippen LogP) is 4.75. The number of aryl methyl sites for hydroxylation is 4. The van der Waals surface area contributed by atoms with Gasteiger partial charge in [-0.25, -0.2) is 8.42 Å². The fourth-order valence-electron chi connectivity index (χ4n) is 3.21. The summed E-state index contributed by atoms with van der Waals surface area (Å²) in [7, 11) is -3.93. The van der Waals surface area contributed by atoms with Crippen molar-refractivity contribution in [2.24, 2.45) is 0 Å². The van der Waals surface area contributed by atoms with Crippen LogP contribution >= 0.6 is 0 Å². The van der Waals surface area contributed by atoms with Crippen LogP contribution in [-0.4, -0.2) is 20.9 Å². The monoisotopic (exact) mass is 422 g/mol. The highest BCUT2D eigenvalue weighted by Crippen LogP contribution is 2.26. The van der Waals surface area contributed by atoms with E-state index in [2.05, 4.69) is 5.32 Å². The van der Waals surface area contributed by atoms with Crippen LogP contribution in [0.1, 0.15) is 22.3 Å². The number of benzene rings is 3. The molecule has 1 N–H and O–H groups in total. The summed E-state index contributed by atoms with van der Waals surface area (Å²) in [6.07, 6.45) is 0. The molecule has 0 spiro atoms. The lowest BCUT2D eigenvalue weighted by atomic mass is 10.1. The fourth-order valence-corrected chi connectivity index (χ4v) is 4.62. The number of nitrogens with one attached hydrogen (secondary N) is 1. The molecule has 5 nitrogen and oxygen atoms in total. The summed E-state index contributed by atoms with van der Waals surface area (Å²) in [6.45, 7) is 7.33. The Kier molecular flexibility index (Phi) is 6.27. The van der Waals surface area contributed by atoms with Gasteiger partial charge < -0.3 is 5.32 Å². The van der Waals surface area contributed by atoms with Crippen LogP contribution in [0.2, 0.25) is 0 Å². The van der Waals surface area contributed by atoms with Crippen LogP contribution in [0.4, 0.5) is 11.4 Å². The van der Waals surface area contributed by atoms with E-state index in [0.29, 0.717) is 11.4 Å². The molecule has 0 bridgehead atoms. The molecule has 0 aliphatic heterocycles. The molecular formula is C24H26N2O3S. The maximum absolute atomic E-state index is 13.4. The second-order valence-electron chi connectivity index (χ2n) is 7.58. The van der Waals surface area contributed by atoms with Crippen molar-refractivity contribution in [2.75, 3.05) is 16.2 Å². The number of hydrogen-bond acceptors (Lipinski definition) is 3. The van der Waals surface area contributed by atoms with E-state index in [9.17, 15) is 13.2 Å². The van der Waals surface area contributed by atoms with E-state index in [1.165, 1.54) is 4.31 Å². The molecule has 0 fully saturated rings. The van der Waals surface area contributed by atoms with Crippen molar-refractivity contribution in [3.8, 4) is 0 Å². The second-order valence-corrected chi connectivity index (χ2v) is 9.45. The number of hydrogen-bond donors (Lipinski definition) is 1. The quantitative estimate of drug-likeness (QED) is 0.623. The van der Waals surface area contributed by atoms with Crippen LogP contribution in [0.5, 0.6) is 0 Å². The van der Waals surface area contributed by atoms with Gasteiger partial charge in [0.15, 0.2) is 0 Å². The summed E-state index contributed by atoms with van der Waals surface area (Å²) in [5.41, 5.74) is 4.97. The molecule has 0 saturated carbocycles. The molecule has 0 radical (unpaired) electrons. The molecule has 3 aromatic rings. The number of sulfonamides is 1. The minimum absolute atomic E-state index is 0.149. The number of nitrogens with zero attached hydrogens (tertiary/aromatic N) is 1.